The molecule has 2 N–H and O–H groups in total. The second-order valence-electron chi connectivity index (χ2n) is 7.06. The molecule has 1 saturated heterocycles. The van der Waals surface area contributed by atoms with Crippen molar-refractivity contribution in [1.82, 2.24) is 14.9 Å². The lowest BCUT2D eigenvalue weighted by Crippen LogP contribution is -2.43. The molecule has 1 aromatic carbocycles. The van der Waals surface area contributed by atoms with Crippen LogP contribution in [0.1, 0.15) is 29.0 Å². The van der Waals surface area contributed by atoms with Crippen LogP contribution in [0.4, 0.5) is 0 Å². The van der Waals surface area contributed by atoms with Crippen molar-refractivity contribution in [1.29, 1.82) is 0 Å². The van der Waals surface area contributed by atoms with E-state index in [2.05, 4.69) is 21.0 Å². The molecule has 0 saturated carbocycles. The van der Waals surface area contributed by atoms with Gasteiger partial charge in [-0.15, -0.1) is 11.3 Å². The maximum absolute atomic E-state index is 12.8. The van der Waals surface area contributed by atoms with Gasteiger partial charge in [0.05, 0.1) is 19.8 Å². The number of nitrogens with one attached hydrogen (secondary N) is 2. The van der Waals surface area contributed by atoms with Crippen LogP contribution < -0.4 is 10.0 Å². The zero-order valence-corrected chi connectivity index (χ0v) is 18.3. The summed E-state index contributed by atoms with van der Waals surface area (Å²) in [5.74, 6) is -0.146. The van der Waals surface area contributed by atoms with E-state index in [0.717, 1.165) is 29.1 Å². The van der Waals surface area contributed by atoms with Crippen LogP contribution in [0.5, 0.6) is 0 Å². The maximum Gasteiger partial charge on any atom is 0.250 e. The molecule has 3 rings (SSSR count). The van der Waals surface area contributed by atoms with Crippen molar-refractivity contribution < 1.29 is 17.9 Å². The lowest BCUT2D eigenvalue weighted by atomic mass is 10.0. The van der Waals surface area contributed by atoms with E-state index in [1.807, 2.05) is 25.1 Å². The van der Waals surface area contributed by atoms with Gasteiger partial charge in [-0.1, -0.05) is 29.8 Å². The van der Waals surface area contributed by atoms with Crippen LogP contribution in [0.15, 0.2) is 40.6 Å². The molecule has 0 aliphatic carbocycles. The predicted octanol–water partition coefficient (Wildman–Crippen LogP) is 2.04. The summed E-state index contributed by atoms with van der Waals surface area (Å²) in [5, 5.41) is 2.68. The number of carbonyl (C=O) groups excluding carboxylic acids is 1. The van der Waals surface area contributed by atoms with Crippen LogP contribution in [-0.2, 0) is 26.1 Å². The van der Waals surface area contributed by atoms with Crippen LogP contribution in [-0.4, -0.2) is 52.1 Å². The van der Waals surface area contributed by atoms with Gasteiger partial charge < -0.3 is 10.1 Å². The molecule has 9 heteroatoms. The third-order valence-electron chi connectivity index (χ3n) is 4.79. The molecule has 7 nitrogen and oxygen atoms in total. The smallest absolute Gasteiger partial charge is 0.250 e. The summed E-state index contributed by atoms with van der Waals surface area (Å²) in [5.41, 5.74) is 2.23. The van der Waals surface area contributed by atoms with Crippen molar-refractivity contribution in [3.63, 3.8) is 0 Å². The first-order valence-corrected chi connectivity index (χ1v) is 11.9. The maximum atomic E-state index is 12.8. The Kier molecular flexibility index (Phi) is 7.42. The van der Waals surface area contributed by atoms with Gasteiger partial charge in [-0.2, -0.15) is 0 Å². The quantitative estimate of drug-likeness (QED) is 0.660. The standard InChI is InChI=1S/C20H27N3O4S2/c1-15-4-3-5-17(12-15)19(23-8-10-27-11-9-23)14-22-29(25,26)20-7-6-18(28-20)13-21-16(2)24/h3-7,12,19,22H,8-11,13-14H2,1-2H3,(H,21,24). The van der Waals surface area contributed by atoms with Crippen molar-refractivity contribution in [2.24, 2.45) is 0 Å². The molecule has 1 aromatic heterocycles. The first-order chi connectivity index (χ1) is 13.8. The van der Waals surface area contributed by atoms with E-state index >= 15 is 0 Å². The number of sulfonamides is 1. The summed E-state index contributed by atoms with van der Waals surface area (Å²) in [7, 11) is -3.63. The second-order valence-corrected chi connectivity index (χ2v) is 10.2. The lowest BCUT2D eigenvalue weighted by Gasteiger charge is -2.35. The average Bonchev–Trinajstić information content (AvgIpc) is 3.17. The highest BCUT2D eigenvalue weighted by Crippen LogP contribution is 2.25. The van der Waals surface area contributed by atoms with Crippen molar-refractivity contribution in [3.8, 4) is 0 Å². The van der Waals surface area contributed by atoms with Crippen LogP contribution in [0, 0.1) is 6.92 Å². The average molecular weight is 438 g/mol. The fourth-order valence-corrected chi connectivity index (χ4v) is 5.67. The van der Waals surface area contributed by atoms with Gasteiger partial charge >= 0.3 is 0 Å². The number of hydrogen-bond donors (Lipinski definition) is 2. The highest BCUT2D eigenvalue weighted by Gasteiger charge is 2.25. The van der Waals surface area contributed by atoms with Gasteiger partial charge in [-0.25, -0.2) is 13.1 Å². The Hall–Kier alpha value is -1.78. The highest BCUT2D eigenvalue weighted by atomic mass is 32.2. The fourth-order valence-electron chi connectivity index (χ4n) is 3.29. The van der Waals surface area contributed by atoms with Gasteiger partial charge in [0.1, 0.15) is 4.21 Å². The minimum absolute atomic E-state index is 0.0626. The zero-order valence-electron chi connectivity index (χ0n) is 16.7. The fraction of sp³-hybridized carbons (Fsp3) is 0.450. The zero-order chi connectivity index (χ0) is 20.9. The number of hydrogen-bond acceptors (Lipinski definition) is 6. The molecule has 0 radical (unpaired) electrons. The summed E-state index contributed by atoms with van der Waals surface area (Å²) >= 11 is 1.17. The Morgan fingerprint density at radius 3 is 2.69 bits per heavy atom. The normalized spacial score (nSPS) is 16.5. The molecular weight excluding hydrogens is 410 g/mol. The number of benzene rings is 1. The molecule has 0 bridgehead atoms. The number of morpholine rings is 1. The van der Waals surface area contributed by atoms with Crippen LogP contribution in [0.3, 0.4) is 0 Å². The molecule has 158 valence electrons. The summed E-state index contributed by atoms with van der Waals surface area (Å²) < 4.78 is 34.2. The number of aryl methyl sites for hydroxylation is 1. The van der Waals surface area contributed by atoms with Crippen molar-refractivity contribution >= 4 is 27.3 Å². The molecule has 2 heterocycles. The summed E-state index contributed by atoms with van der Waals surface area (Å²) in [6, 6.07) is 11.4. The van der Waals surface area contributed by atoms with Crippen molar-refractivity contribution in [2.75, 3.05) is 32.8 Å². The molecule has 1 fully saturated rings. The van der Waals surface area contributed by atoms with E-state index in [-0.39, 0.29) is 22.7 Å². The van der Waals surface area contributed by atoms with Gasteiger partial charge in [-0.3, -0.25) is 9.69 Å². The van der Waals surface area contributed by atoms with Crippen LogP contribution in [0.25, 0.3) is 0 Å². The number of nitrogens with zero attached hydrogens (tertiary/aromatic N) is 1. The highest BCUT2D eigenvalue weighted by molar-refractivity contribution is 7.91. The molecule has 29 heavy (non-hydrogen) atoms. The first kappa shape index (κ1) is 21.9. The summed E-state index contributed by atoms with van der Waals surface area (Å²) in [6.45, 7) is 6.90. The Morgan fingerprint density at radius 2 is 2.00 bits per heavy atom. The predicted molar refractivity (Wildman–Crippen MR) is 113 cm³/mol. The molecule has 1 atom stereocenters. The van der Waals surface area contributed by atoms with Crippen LogP contribution >= 0.6 is 11.3 Å². The number of amides is 1. The minimum atomic E-state index is -3.63. The molecule has 1 amide bonds. The third kappa shape index (κ3) is 6.10. The number of ether oxygens (including phenoxy) is 1. The minimum Gasteiger partial charge on any atom is -0.379 e. The molecule has 1 unspecified atom stereocenters. The lowest BCUT2D eigenvalue weighted by molar-refractivity contribution is -0.119. The monoisotopic (exact) mass is 437 g/mol. The molecule has 0 spiro atoms. The van der Waals surface area contributed by atoms with E-state index in [1.54, 1.807) is 12.1 Å². The first-order valence-electron chi connectivity index (χ1n) is 9.56. The summed E-state index contributed by atoms with van der Waals surface area (Å²) in [6.07, 6.45) is 0. The Bertz CT molecular complexity index is 937. The van der Waals surface area contributed by atoms with Crippen LogP contribution in [0.2, 0.25) is 0 Å². The van der Waals surface area contributed by atoms with E-state index < -0.39 is 10.0 Å². The van der Waals surface area contributed by atoms with Gasteiger partial charge in [0.2, 0.25) is 15.9 Å². The number of carbonyl (C=O) groups is 1. The number of rotatable bonds is 8. The Balaban J connectivity index is 1.73. The number of thiophene rings is 1. The van der Waals surface area contributed by atoms with E-state index in [9.17, 15) is 13.2 Å². The van der Waals surface area contributed by atoms with Crippen molar-refractivity contribution in [2.45, 2.75) is 30.6 Å². The van der Waals surface area contributed by atoms with Gasteiger partial charge in [0.25, 0.3) is 0 Å². The third-order valence-corrected chi connectivity index (χ3v) is 7.79. The van der Waals surface area contributed by atoms with Crippen molar-refractivity contribution in [3.05, 3.63) is 52.4 Å². The SMILES string of the molecule is CC(=O)NCc1ccc(S(=O)(=O)NCC(c2cccc(C)c2)N2CCOCC2)s1. The van der Waals surface area contributed by atoms with E-state index in [4.69, 9.17) is 4.74 Å². The largest absolute Gasteiger partial charge is 0.379 e. The molecule has 1 aliphatic rings. The Labute approximate surface area is 176 Å². The molecule has 2 aromatic rings. The van der Waals surface area contributed by atoms with Gasteiger partial charge in [0, 0.05) is 37.5 Å². The topological polar surface area (TPSA) is 87.7 Å². The summed E-state index contributed by atoms with van der Waals surface area (Å²) in [4.78, 5) is 14.1. The Morgan fingerprint density at radius 1 is 1.24 bits per heavy atom. The van der Waals surface area contributed by atoms with Gasteiger partial charge in [-0.05, 0) is 24.6 Å². The van der Waals surface area contributed by atoms with E-state index in [1.165, 1.54) is 18.3 Å². The molecular formula is C20H27N3O4S2. The second kappa shape index (κ2) is 9.82. The molecule has 1 aliphatic heterocycles. The van der Waals surface area contributed by atoms with Gasteiger partial charge in [0.15, 0.2) is 0 Å². The van der Waals surface area contributed by atoms with E-state index in [0.29, 0.717) is 19.8 Å².